The van der Waals surface area contributed by atoms with Gasteiger partial charge in [-0.15, -0.1) is 0 Å². The topological polar surface area (TPSA) is 150 Å². The third-order valence-corrected chi connectivity index (χ3v) is 6.73. The minimum atomic E-state index is -0.299. The van der Waals surface area contributed by atoms with Gasteiger partial charge in [-0.2, -0.15) is 0 Å². The first-order valence-electron chi connectivity index (χ1n) is 11.7. The number of carbonyl (C=O) groups excluding carboxylic acids is 2. The SMILES string of the molecule is C=CC(=O)N1CC2CC(Nc3ncnc(N)c3C(=N)c3ccc(C(=O)Nc4ccccn4)cc3)C1C2. The highest BCUT2D eigenvalue weighted by atomic mass is 16.2. The number of piperidine rings is 1. The van der Waals surface area contributed by atoms with Gasteiger partial charge in [-0.1, -0.05) is 24.8 Å². The molecule has 2 aromatic heterocycles. The lowest BCUT2D eigenvalue weighted by Gasteiger charge is -2.33. The Hall–Kier alpha value is -4.60. The maximum atomic E-state index is 12.5. The van der Waals surface area contributed by atoms with E-state index >= 15 is 0 Å². The Labute approximate surface area is 208 Å². The summed E-state index contributed by atoms with van der Waals surface area (Å²) >= 11 is 0. The first kappa shape index (κ1) is 23.2. The summed E-state index contributed by atoms with van der Waals surface area (Å²) in [6, 6.07) is 12.0. The highest BCUT2D eigenvalue weighted by Crippen LogP contribution is 2.39. The summed E-state index contributed by atoms with van der Waals surface area (Å²) in [7, 11) is 0. The Morgan fingerprint density at radius 3 is 2.56 bits per heavy atom. The minimum absolute atomic E-state index is 0.00818. The zero-order valence-corrected chi connectivity index (χ0v) is 19.5. The molecule has 3 heterocycles. The van der Waals surface area contributed by atoms with Gasteiger partial charge >= 0.3 is 0 Å². The molecule has 2 amide bonds. The average molecular weight is 483 g/mol. The van der Waals surface area contributed by atoms with Crippen molar-refractivity contribution in [2.24, 2.45) is 5.92 Å². The number of rotatable bonds is 7. The predicted octanol–water partition coefficient (Wildman–Crippen LogP) is 2.71. The quantitative estimate of drug-likeness (QED) is 0.299. The highest BCUT2D eigenvalue weighted by molar-refractivity contribution is 6.16. The van der Waals surface area contributed by atoms with Crippen LogP contribution in [0.15, 0.2) is 67.6 Å². The van der Waals surface area contributed by atoms with Crippen molar-refractivity contribution in [2.45, 2.75) is 24.9 Å². The van der Waals surface area contributed by atoms with Crippen molar-refractivity contribution in [2.75, 3.05) is 22.9 Å². The molecular formula is C26H26N8O2. The van der Waals surface area contributed by atoms with E-state index in [1.54, 1.807) is 48.7 Å². The Balaban J connectivity index is 1.34. The van der Waals surface area contributed by atoms with E-state index in [0.29, 0.717) is 34.2 Å². The number of carbonyl (C=O) groups is 2. The van der Waals surface area contributed by atoms with Crippen molar-refractivity contribution in [1.29, 1.82) is 5.41 Å². The van der Waals surface area contributed by atoms with Gasteiger partial charge in [-0.05, 0) is 49.1 Å². The van der Waals surface area contributed by atoms with Crippen LogP contribution in [0, 0.1) is 11.3 Å². The lowest BCUT2D eigenvalue weighted by Crippen LogP contribution is -2.47. The fourth-order valence-electron chi connectivity index (χ4n) is 5.04. The summed E-state index contributed by atoms with van der Waals surface area (Å²) in [5.41, 5.74) is 7.70. The molecule has 0 spiro atoms. The first-order chi connectivity index (χ1) is 17.4. The minimum Gasteiger partial charge on any atom is -0.383 e. The molecule has 5 rings (SSSR count). The molecule has 1 saturated carbocycles. The maximum absolute atomic E-state index is 12.5. The number of nitrogens with zero attached hydrogens (tertiary/aromatic N) is 4. The number of nitrogens with one attached hydrogen (secondary N) is 3. The van der Waals surface area contributed by atoms with E-state index in [0.717, 1.165) is 19.4 Å². The molecule has 1 saturated heterocycles. The number of hydrogen-bond acceptors (Lipinski definition) is 8. The van der Waals surface area contributed by atoms with E-state index in [2.05, 4.69) is 32.2 Å². The molecule has 36 heavy (non-hydrogen) atoms. The second-order valence-electron chi connectivity index (χ2n) is 8.95. The molecule has 3 aromatic rings. The van der Waals surface area contributed by atoms with Crippen LogP contribution >= 0.6 is 0 Å². The average Bonchev–Trinajstić information content (AvgIpc) is 3.49. The summed E-state index contributed by atoms with van der Waals surface area (Å²) in [6.07, 6.45) is 6.14. The van der Waals surface area contributed by atoms with E-state index in [9.17, 15) is 9.59 Å². The lowest BCUT2D eigenvalue weighted by molar-refractivity contribution is -0.127. The molecule has 1 aromatic carbocycles. The normalized spacial score (nSPS) is 20.1. The summed E-state index contributed by atoms with van der Waals surface area (Å²) in [5.74, 6) is 1.13. The number of anilines is 3. The van der Waals surface area contributed by atoms with Gasteiger partial charge in [0.15, 0.2) is 0 Å². The molecule has 182 valence electrons. The van der Waals surface area contributed by atoms with E-state index in [1.165, 1.54) is 12.4 Å². The zero-order chi connectivity index (χ0) is 25.2. The number of likely N-dealkylation sites (tertiary alicyclic amines) is 1. The molecule has 2 fully saturated rings. The number of nitrogen functional groups attached to an aromatic ring is 1. The molecular weight excluding hydrogens is 456 g/mol. The third kappa shape index (κ3) is 4.40. The summed E-state index contributed by atoms with van der Waals surface area (Å²) < 4.78 is 0. The van der Waals surface area contributed by atoms with Crippen LogP contribution in [0.4, 0.5) is 17.5 Å². The van der Waals surface area contributed by atoms with E-state index < -0.39 is 0 Å². The highest BCUT2D eigenvalue weighted by Gasteiger charge is 2.46. The number of fused-ring (bicyclic) bond motifs is 2. The second kappa shape index (κ2) is 9.57. The van der Waals surface area contributed by atoms with Crippen molar-refractivity contribution < 1.29 is 9.59 Å². The van der Waals surface area contributed by atoms with Gasteiger partial charge in [0.25, 0.3) is 5.91 Å². The Bertz CT molecular complexity index is 1330. The number of pyridine rings is 1. The van der Waals surface area contributed by atoms with Crippen molar-refractivity contribution in [3.8, 4) is 0 Å². The second-order valence-corrected chi connectivity index (χ2v) is 8.95. The van der Waals surface area contributed by atoms with Gasteiger partial charge in [0.05, 0.1) is 17.3 Å². The predicted molar refractivity (Wildman–Crippen MR) is 137 cm³/mol. The fourth-order valence-corrected chi connectivity index (χ4v) is 5.04. The molecule has 2 bridgehead atoms. The van der Waals surface area contributed by atoms with Crippen molar-refractivity contribution in [3.05, 3.63) is 84.3 Å². The Morgan fingerprint density at radius 2 is 1.86 bits per heavy atom. The molecule has 1 aliphatic heterocycles. The molecule has 5 N–H and O–H groups in total. The van der Waals surface area contributed by atoms with Gasteiger partial charge in [0.2, 0.25) is 5.91 Å². The molecule has 3 atom stereocenters. The summed E-state index contributed by atoms with van der Waals surface area (Å²) in [5, 5.41) is 15.0. The van der Waals surface area contributed by atoms with Gasteiger partial charge in [-0.3, -0.25) is 15.0 Å². The van der Waals surface area contributed by atoms with E-state index in [-0.39, 0.29) is 35.4 Å². The van der Waals surface area contributed by atoms with Gasteiger partial charge in [0.1, 0.15) is 23.8 Å². The Kier molecular flexibility index (Phi) is 6.16. The molecule has 0 radical (unpaired) electrons. The molecule has 2 aliphatic rings. The monoisotopic (exact) mass is 482 g/mol. The van der Waals surface area contributed by atoms with Crippen LogP contribution < -0.4 is 16.4 Å². The van der Waals surface area contributed by atoms with E-state index in [4.69, 9.17) is 11.1 Å². The zero-order valence-electron chi connectivity index (χ0n) is 19.5. The van der Waals surface area contributed by atoms with Gasteiger partial charge in [0, 0.05) is 29.9 Å². The number of amides is 2. The molecule has 1 aliphatic carbocycles. The molecule has 3 unspecified atom stereocenters. The lowest BCUT2D eigenvalue weighted by atomic mass is 10.0. The molecule has 10 nitrogen and oxygen atoms in total. The Morgan fingerprint density at radius 1 is 1.08 bits per heavy atom. The summed E-state index contributed by atoms with van der Waals surface area (Å²) in [4.78, 5) is 39.2. The third-order valence-electron chi connectivity index (χ3n) is 6.73. The van der Waals surface area contributed by atoms with Crippen LogP contribution in [-0.4, -0.2) is 56.0 Å². The van der Waals surface area contributed by atoms with Crippen molar-refractivity contribution in [1.82, 2.24) is 19.9 Å². The van der Waals surface area contributed by atoms with Gasteiger partial charge < -0.3 is 21.3 Å². The van der Waals surface area contributed by atoms with Crippen LogP contribution in [0.1, 0.15) is 34.3 Å². The number of benzene rings is 1. The van der Waals surface area contributed by atoms with E-state index in [1.807, 2.05) is 4.90 Å². The number of nitrogens with two attached hydrogens (primary N) is 1. The van der Waals surface area contributed by atoms with Crippen LogP contribution in [0.2, 0.25) is 0 Å². The van der Waals surface area contributed by atoms with Crippen LogP contribution in [0.3, 0.4) is 0 Å². The maximum Gasteiger partial charge on any atom is 0.256 e. The van der Waals surface area contributed by atoms with Crippen molar-refractivity contribution >= 4 is 35.0 Å². The molecule has 10 heteroatoms. The first-order valence-corrected chi connectivity index (χ1v) is 11.7. The number of aromatic nitrogens is 3. The standard InChI is InChI=1S/C26H26N8O2/c1-2-21(35)34-13-15-11-18(19(34)12-15)32-25-22(24(28)30-14-31-25)23(27)16-6-8-17(9-7-16)26(36)33-20-5-3-4-10-29-20/h2-10,14-15,18-19,27H,1,11-13H2,(H,29,33,36)(H3,28,30,31,32). The van der Waals surface area contributed by atoms with Crippen molar-refractivity contribution in [3.63, 3.8) is 0 Å². The van der Waals surface area contributed by atoms with Gasteiger partial charge in [-0.25, -0.2) is 15.0 Å². The van der Waals surface area contributed by atoms with Crippen LogP contribution in [-0.2, 0) is 4.79 Å². The largest absolute Gasteiger partial charge is 0.383 e. The summed E-state index contributed by atoms with van der Waals surface area (Å²) in [6.45, 7) is 4.35. The smallest absolute Gasteiger partial charge is 0.256 e. The fraction of sp³-hybridized carbons (Fsp3) is 0.231. The van der Waals surface area contributed by atoms with Crippen LogP contribution in [0.25, 0.3) is 0 Å². The number of hydrogen-bond donors (Lipinski definition) is 4. The van der Waals surface area contributed by atoms with Crippen LogP contribution in [0.5, 0.6) is 0 Å².